The summed E-state index contributed by atoms with van der Waals surface area (Å²) in [4.78, 5) is 0. The van der Waals surface area contributed by atoms with Gasteiger partial charge in [0.2, 0.25) is 5.16 Å². The number of thioether (sulfide) groups is 1. The highest BCUT2D eigenvalue weighted by Gasteiger charge is 2.04. The molecule has 20 heavy (non-hydrogen) atoms. The van der Waals surface area contributed by atoms with Crippen molar-refractivity contribution < 1.29 is 4.74 Å². The molecular weight excluding hydrogens is 340 g/mol. The summed E-state index contributed by atoms with van der Waals surface area (Å²) in [6.07, 6.45) is 6.90. The highest BCUT2D eigenvalue weighted by Crippen LogP contribution is 2.22. The molecule has 104 valence electrons. The van der Waals surface area contributed by atoms with E-state index in [-0.39, 0.29) is 0 Å². The molecule has 0 aliphatic heterocycles. The quantitative estimate of drug-likeness (QED) is 0.455. The van der Waals surface area contributed by atoms with Crippen molar-refractivity contribution in [3.63, 3.8) is 0 Å². The summed E-state index contributed by atoms with van der Waals surface area (Å²) in [6, 6.07) is 5.74. The van der Waals surface area contributed by atoms with Crippen LogP contribution >= 0.6 is 27.7 Å². The van der Waals surface area contributed by atoms with E-state index in [1.54, 1.807) is 23.3 Å². The number of benzene rings is 1. The fourth-order valence-electron chi connectivity index (χ4n) is 1.46. The van der Waals surface area contributed by atoms with Crippen molar-refractivity contribution in [1.82, 2.24) is 14.9 Å². The lowest BCUT2D eigenvalue weighted by Gasteiger charge is -2.07. The second-order valence-electron chi connectivity index (χ2n) is 3.69. The van der Waals surface area contributed by atoms with Crippen LogP contribution < -0.4 is 4.74 Å². The van der Waals surface area contributed by atoms with Gasteiger partial charge >= 0.3 is 0 Å². The van der Waals surface area contributed by atoms with E-state index < -0.39 is 0 Å². The number of nitrogens with zero attached hydrogens (tertiary/aromatic N) is 4. The number of hydrogen-bond donors (Lipinski definition) is 0. The van der Waals surface area contributed by atoms with Crippen LogP contribution in [0.4, 0.5) is 0 Å². The number of rotatable bonds is 6. The minimum atomic E-state index is 0.450. The Hall–Kier alpha value is -1.60. The van der Waals surface area contributed by atoms with Crippen LogP contribution in [-0.2, 0) is 0 Å². The second-order valence-corrected chi connectivity index (χ2v) is 5.38. The highest BCUT2D eigenvalue weighted by molar-refractivity contribution is 9.10. The largest absolute Gasteiger partial charge is 0.489 e. The van der Waals surface area contributed by atoms with Gasteiger partial charge in [0.05, 0.1) is 6.21 Å². The van der Waals surface area contributed by atoms with Crippen molar-refractivity contribution >= 4 is 33.9 Å². The molecule has 0 amide bonds. The zero-order valence-corrected chi connectivity index (χ0v) is 13.3. The van der Waals surface area contributed by atoms with Crippen molar-refractivity contribution in [2.75, 3.05) is 12.9 Å². The number of ether oxygens (including phenoxy) is 1. The predicted molar refractivity (Wildman–Crippen MR) is 84.6 cm³/mol. The minimum absolute atomic E-state index is 0.450. The summed E-state index contributed by atoms with van der Waals surface area (Å²) in [5, 5.41) is 12.8. The Morgan fingerprint density at radius 3 is 3.15 bits per heavy atom. The van der Waals surface area contributed by atoms with Gasteiger partial charge in [-0.1, -0.05) is 40.3 Å². The van der Waals surface area contributed by atoms with Crippen LogP contribution in [0.1, 0.15) is 5.56 Å². The summed E-state index contributed by atoms with van der Waals surface area (Å²) in [5.41, 5.74) is 0.863. The summed E-state index contributed by atoms with van der Waals surface area (Å²) >= 11 is 4.92. The average molecular weight is 353 g/mol. The van der Waals surface area contributed by atoms with E-state index in [1.165, 1.54) is 11.8 Å². The average Bonchev–Trinajstić information content (AvgIpc) is 2.91. The van der Waals surface area contributed by atoms with Crippen LogP contribution in [0.25, 0.3) is 0 Å². The molecule has 0 aliphatic carbocycles. The van der Waals surface area contributed by atoms with Gasteiger partial charge < -0.3 is 4.74 Å². The van der Waals surface area contributed by atoms with E-state index in [0.717, 1.165) is 20.9 Å². The zero-order valence-electron chi connectivity index (χ0n) is 10.9. The molecule has 5 nitrogen and oxygen atoms in total. The van der Waals surface area contributed by atoms with Crippen LogP contribution in [0, 0.1) is 0 Å². The first-order chi connectivity index (χ1) is 9.74. The summed E-state index contributed by atoms with van der Waals surface area (Å²) in [6.45, 7) is 4.09. The molecular formula is C13H13BrN4OS. The van der Waals surface area contributed by atoms with E-state index >= 15 is 0 Å². The van der Waals surface area contributed by atoms with Crippen LogP contribution in [0.15, 0.2) is 51.9 Å². The second kappa shape index (κ2) is 7.25. The minimum Gasteiger partial charge on any atom is -0.489 e. The first-order valence-corrected chi connectivity index (χ1v) is 7.78. The fourth-order valence-corrected chi connectivity index (χ4v) is 2.25. The maximum Gasteiger partial charge on any atom is 0.211 e. The maximum atomic E-state index is 5.59. The first-order valence-electron chi connectivity index (χ1n) is 5.76. The molecule has 0 aliphatic rings. The van der Waals surface area contributed by atoms with Crippen molar-refractivity contribution in [3.8, 4) is 5.75 Å². The molecule has 0 radical (unpaired) electrons. The van der Waals surface area contributed by atoms with Crippen molar-refractivity contribution in [2.45, 2.75) is 5.16 Å². The SMILES string of the molecule is C=CCOc1ccc(Br)cc1/C=N\n1cnnc1SC. The molecule has 0 atom stereocenters. The van der Waals surface area contributed by atoms with Gasteiger partial charge in [0.1, 0.15) is 18.7 Å². The predicted octanol–water partition coefficient (Wildman–Crippen LogP) is 3.21. The summed E-state index contributed by atoms with van der Waals surface area (Å²) < 4.78 is 8.16. The normalized spacial score (nSPS) is 10.9. The Labute approximate surface area is 129 Å². The lowest BCUT2D eigenvalue weighted by molar-refractivity contribution is 0.362. The molecule has 7 heteroatoms. The Morgan fingerprint density at radius 2 is 2.40 bits per heavy atom. The van der Waals surface area contributed by atoms with Crippen molar-refractivity contribution in [2.24, 2.45) is 5.10 Å². The van der Waals surface area contributed by atoms with Crippen molar-refractivity contribution in [1.29, 1.82) is 0 Å². The third kappa shape index (κ3) is 3.71. The third-order valence-corrected chi connectivity index (χ3v) is 3.46. The smallest absolute Gasteiger partial charge is 0.211 e. The fraction of sp³-hybridized carbons (Fsp3) is 0.154. The Bertz CT molecular complexity index is 627. The van der Waals surface area contributed by atoms with Gasteiger partial charge in [-0.3, -0.25) is 0 Å². The third-order valence-electron chi connectivity index (χ3n) is 2.33. The molecule has 0 bridgehead atoms. The highest BCUT2D eigenvalue weighted by atomic mass is 79.9. The molecule has 0 fully saturated rings. The maximum absolute atomic E-state index is 5.59. The Kier molecular flexibility index (Phi) is 5.37. The van der Waals surface area contributed by atoms with E-state index in [4.69, 9.17) is 4.74 Å². The standard InChI is InChI=1S/C13H13BrN4OS/c1-3-6-19-12-5-4-11(14)7-10(12)8-16-18-9-15-17-13(18)20-2/h3-5,7-9H,1,6H2,2H3/b16-8-. The van der Waals surface area contributed by atoms with Crippen LogP contribution in [0.5, 0.6) is 5.75 Å². The van der Waals surface area contributed by atoms with Gasteiger partial charge in [-0.15, -0.1) is 10.2 Å². The lowest BCUT2D eigenvalue weighted by Crippen LogP contribution is -1.98. The molecule has 2 rings (SSSR count). The first kappa shape index (κ1) is 14.8. The van der Waals surface area contributed by atoms with Gasteiger partial charge in [-0.2, -0.15) is 9.78 Å². The van der Waals surface area contributed by atoms with Crippen LogP contribution in [-0.4, -0.2) is 34.0 Å². The van der Waals surface area contributed by atoms with E-state index in [0.29, 0.717) is 6.61 Å². The number of hydrogen-bond acceptors (Lipinski definition) is 5. The van der Waals surface area contributed by atoms with Crippen LogP contribution in [0.3, 0.4) is 0 Å². The van der Waals surface area contributed by atoms with E-state index in [9.17, 15) is 0 Å². The van der Waals surface area contributed by atoms with Gasteiger partial charge in [0.25, 0.3) is 0 Å². The Morgan fingerprint density at radius 1 is 1.55 bits per heavy atom. The number of halogens is 1. The molecule has 0 saturated carbocycles. The van der Waals surface area contributed by atoms with E-state index in [1.807, 2.05) is 24.5 Å². The molecule has 0 saturated heterocycles. The molecule has 1 heterocycles. The van der Waals surface area contributed by atoms with Gasteiger partial charge in [-0.05, 0) is 24.5 Å². The van der Waals surface area contributed by atoms with Crippen LogP contribution in [0.2, 0.25) is 0 Å². The topological polar surface area (TPSA) is 52.3 Å². The van der Waals surface area contributed by atoms with Gasteiger partial charge in [0.15, 0.2) is 0 Å². The summed E-state index contributed by atoms with van der Waals surface area (Å²) in [5.74, 6) is 0.746. The Balaban J connectivity index is 2.27. The number of aromatic nitrogens is 3. The van der Waals surface area contributed by atoms with Gasteiger partial charge in [0, 0.05) is 10.0 Å². The van der Waals surface area contributed by atoms with Crippen molar-refractivity contribution in [3.05, 3.63) is 47.2 Å². The van der Waals surface area contributed by atoms with E-state index in [2.05, 4.69) is 37.8 Å². The molecule has 2 aromatic rings. The summed E-state index contributed by atoms with van der Waals surface area (Å²) in [7, 11) is 0. The molecule has 0 spiro atoms. The molecule has 1 aromatic heterocycles. The zero-order chi connectivity index (χ0) is 14.4. The molecule has 0 N–H and O–H groups in total. The molecule has 0 unspecified atom stereocenters. The lowest BCUT2D eigenvalue weighted by atomic mass is 10.2. The monoisotopic (exact) mass is 352 g/mol. The molecule has 1 aromatic carbocycles. The van der Waals surface area contributed by atoms with Gasteiger partial charge in [-0.25, -0.2) is 0 Å².